The highest BCUT2D eigenvalue weighted by molar-refractivity contribution is 7.99. The first-order valence-corrected chi connectivity index (χ1v) is 10.3. The third-order valence-electron chi connectivity index (χ3n) is 4.82. The Kier molecular flexibility index (Phi) is 5.62. The van der Waals surface area contributed by atoms with Gasteiger partial charge in [-0.15, -0.1) is 0 Å². The lowest BCUT2D eigenvalue weighted by molar-refractivity contribution is -0.116. The summed E-state index contributed by atoms with van der Waals surface area (Å²) in [6.07, 6.45) is 2.63. The lowest BCUT2D eigenvalue weighted by Gasteiger charge is -2.22. The Bertz CT molecular complexity index is 1070. The molecule has 3 aromatic rings. The molecule has 0 atom stereocenters. The summed E-state index contributed by atoms with van der Waals surface area (Å²) in [5, 5.41) is 3.75. The number of nitrogens with zero attached hydrogens (tertiary/aromatic N) is 2. The Morgan fingerprint density at radius 3 is 2.72 bits per heavy atom. The maximum Gasteiger partial charge on any atom is 0.259 e. The molecule has 2 aromatic carbocycles. The minimum atomic E-state index is -0.0563. The summed E-state index contributed by atoms with van der Waals surface area (Å²) >= 11 is 1.50. The van der Waals surface area contributed by atoms with Crippen LogP contribution in [0.3, 0.4) is 0 Å². The molecule has 29 heavy (non-hydrogen) atoms. The smallest absolute Gasteiger partial charge is 0.259 e. The van der Waals surface area contributed by atoms with E-state index in [1.54, 1.807) is 11.1 Å². The van der Waals surface area contributed by atoms with E-state index in [-0.39, 0.29) is 11.8 Å². The third kappa shape index (κ3) is 4.17. The Morgan fingerprint density at radius 2 is 1.86 bits per heavy atom. The number of fused-ring (bicyclic) bond motifs is 2. The molecule has 5 nitrogen and oxygen atoms in total. The number of hydrogen-bond acceptors (Lipinski definition) is 4. The molecule has 1 aliphatic rings. The molecule has 0 unspecified atom stereocenters. The summed E-state index contributed by atoms with van der Waals surface area (Å²) in [7, 11) is 0. The van der Waals surface area contributed by atoms with Crippen LogP contribution in [0.2, 0.25) is 0 Å². The summed E-state index contributed by atoms with van der Waals surface area (Å²) < 4.78 is 0. The van der Waals surface area contributed by atoms with Crippen LogP contribution in [0.4, 0.5) is 11.4 Å². The largest absolute Gasteiger partial charge is 0.326 e. The zero-order valence-corrected chi connectivity index (χ0v) is 16.9. The van der Waals surface area contributed by atoms with E-state index in [4.69, 9.17) is 0 Å². The van der Waals surface area contributed by atoms with Crippen LogP contribution in [0, 0.1) is 6.92 Å². The first-order chi connectivity index (χ1) is 14.1. The molecular weight excluding hydrogens is 382 g/mol. The van der Waals surface area contributed by atoms with E-state index in [0.29, 0.717) is 24.9 Å². The van der Waals surface area contributed by atoms with Crippen LogP contribution in [-0.2, 0) is 4.79 Å². The van der Waals surface area contributed by atoms with Crippen molar-refractivity contribution in [3.63, 3.8) is 0 Å². The number of carbonyl (C=O) groups excluding carboxylic acids is 2. The number of carbonyl (C=O) groups is 2. The first-order valence-electron chi connectivity index (χ1n) is 9.53. The topological polar surface area (TPSA) is 62.3 Å². The Labute approximate surface area is 174 Å². The quantitative estimate of drug-likeness (QED) is 0.657. The van der Waals surface area contributed by atoms with Crippen molar-refractivity contribution in [1.29, 1.82) is 0 Å². The summed E-state index contributed by atoms with van der Waals surface area (Å²) in [5.41, 5.74) is 3.30. The van der Waals surface area contributed by atoms with Crippen molar-refractivity contribution < 1.29 is 9.59 Å². The van der Waals surface area contributed by atoms with Gasteiger partial charge < -0.3 is 10.2 Å². The standard InChI is InChI=1S/C23H21N3O2S/c1-16-8-2-4-10-18(16)25-21(27)13-7-15-26-19-11-6-14-24-22(19)29-20-12-5-3-9-17(20)23(26)28/h2-6,8-12,14H,7,13,15H2,1H3,(H,25,27). The second-order valence-corrected chi connectivity index (χ2v) is 7.88. The van der Waals surface area contributed by atoms with Gasteiger partial charge in [-0.25, -0.2) is 4.98 Å². The van der Waals surface area contributed by atoms with Crippen molar-refractivity contribution in [2.45, 2.75) is 29.7 Å². The highest BCUT2D eigenvalue weighted by Crippen LogP contribution is 2.39. The molecule has 0 fully saturated rings. The second-order valence-electron chi connectivity index (χ2n) is 6.85. The molecule has 1 N–H and O–H groups in total. The molecule has 0 saturated heterocycles. The molecule has 0 radical (unpaired) electrons. The fourth-order valence-electron chi connectivity index (χ4n) is 3.30. The first kappa shape index (κ1) is 19.2. The van der Waals surface area contributed by atoms with Gasteiger partial charge in [-0.3, -0.25) is 9.59 Å². The van der Waals surface area contributed by atoms with Crippen molar-refractivity contribution in [2.75, 3.05) is 16.8 Å². The van der Waals surface area contributed by atoms with Crippen molar-refractivity contribution in [3.05, 3.63) is 78.0 Å². The number of rotatable bonds is 5. The van der Waals surface area contributed by atoms with E-state index in [1.165, 1.54) is 11.8 Å². The van der Waals surface area contributed by atoms with E-state index < -0.39 is 0 Å². The molecular formula is C23H21N3O2S. The number of hydrogen-bond donors (Lipinski definition) is 1. The molecule has 1 aromatic heterocycles. The average Bonchev–Trinajstić information content (AvgIpc) is 2.85. The summed E-state index contributed by atoms with van der Waals surface area (Å²) in [5.74, 6) is -0.109. The Balaban J connectivity index is 1.48. The van der Waals surface area contributed by atoms with Gasteiger partial charge in [-0.2, -0.15) is 0 Å². The molecule has 6 heteroatoms. The number of pyridine rings is 1. The van der Waals surface area contributed by atoms with Gasteiger partial charge in [0.25, 0.3) is 5.91 Å². The third-order valence-corrected chi connectivity index (χ3v) is 5.90. The van der Waals surface area contributed by atoms with E-state index in [1.807, 2.05) is 67.6 Å². The van der Waals surface area contributed by atoms with Crippen molar-refractivity contribution in [2.24, 2.45) is 0 Å². The molecule has 0 bridgehead atoms. The van der Waals surface area contributed by atoms with Crippen LogP contribution in [0.15, 0.2) is 76.8 Å². The van der Waals surface area contributed by atoms with Crippen LogP contribution in [0.5, 0.6) is 0 Å². The minimum Gasteiger partial charge on any atom is -0.326 e. The lowest BCUT2D eigenvalue weighted by Crippen LogP contribution is -2.32. The van der Waals surface area contributed by atoms with Gasteiger partial charge in [0.2, 0.25) is 5.91 Å². The van der Waals surface area contributed by atoms with Crippen LogP contribution >= 0.6 is 11.8 Å². The highest BCUT2D eigenvalue weighted by Gasteiger charge is 2.27. The van der Waals surface area contributed by atoms with Gasteiger partial charge in [0.15, 0.2) is 0 Å². The molecule has 2 amide bonds. The van der Waals surface area contributed by atoms with Crippen molar-refractivity contribution in [3.8, 4) is 0 Å². The molecule has 0 saturated carbocycles. The van der Waals surface area contributed by atoms with Gasteiger partial charge in [0, 0.05) is 29.7 Å². The predicted molar refractivity (Wildman–Crippen MR) is 116 cm³/mol. The predicted octanol–water partition coefficient (Wildman–Crippen LogP) is 4.92. The number of para-hydroxylation sites is 1. The number of nitrogens with one attached hydrogen (secondary N) is 1. The minimum absolute atomic E-state index is 0.0530. The van der Waals surface area contributed by atoms with Gasteiger partial charge in [0.1, 0.15) is 5.03 Å². The number of aryl methyl sites for hydroxylation is 1. The number of anilines is 2. The molecule has 1 aliphatic heterocycles. The van der Waals surface area contributed by atoms with E-state index in [0.717, 1.165) is 26.9 Å². The molecule has 4 rings (SSSR count). The van der Waals surface area contributed by atoms with Crippen molar-refractivity contribution in [1.82, 2.24) is 4.98 Å². The molecule has 0 spiro atoms. The van der Waals surface area contributed by atoms with Gasteiger partial charge in [-0.1, -0.05) is 42.1 Å². The van der Waals surface area contributed by atoms with Crippen LogP contribution < -0.4 is 10.2 Å². The normalized spacial score (nSPS) is 12.7. The lowest BCUT2D eigenvalue weighted by atomic mass is 10.1. The molecule has 146 valence electrons. The number of benzene rings is 2. The fraction of sp³-hybridized carbons (Fsp3) is 0.174. The van der Waals surface area contributed by atoms with Crippen LogP contribution in [0.1, 0.15) is 28.8 Å². The Hall–Kier alpha value is -3.12. The van der Waals surface area contributed by atoms with E-state index in [2.05, 4.69) is 10.3 Å². The SMILES string of the molecule is Cc1ccccc1NC(=O)CCCN1C(=O)c2ccccc2Sc2ncccc21. The maximum atomic E-state index is 13.2. The fourth-order valence-corrected chi connectivity index (χ4v) is 4.32. The molecule has 0 aliphatic carbocycles. The molecule has 2 heterocycles. The zero-order chi connectivity index (χ0) is 20.2. The van der Waals surface area contributed by atoms with Crippen molar-refractivity contribution >= 4 is 35.0 Å². The second kappa shape index (κ2) is 8.49. The summed E-state index contributed by atoms with van der Waals surface area (Å²) in [6.45, 7) is 2.41. The Morgan fingerprint density at radius 1 is 1.07 bits per heavy atom. The van der Waals surface area contributed by atoms with Crippen LogP contribution in [-0.4, -0.2) is 23.3 Å². The summed E-state index contributed by atoms with van der Waals surface area (Å²) in [6, 6.07) is 19.0. The average molecular weight is 404 g/mol. The number of aromatic nitrogens is 1. The van der Waals surface area contributed by atoms with E-state index >= 15 is 0 Å². The van der Waals surface area contributed by atoms with Gasteiger partial charge in [-0.05, 0) is 49.2 Å². The highest BCUT2D eigenvalue weighted by atomic mass is 32.2. The van der Waals surface area contributed by atoms with Gasteiger partial charge in [0.05, 0.1) is 11.3 Å². The number of amides is 2. The van der Waals surface area contributed by atoms with Crippen LogP contribution in [0.25, 0.3) is 0 Å². The van der Waals surface area contributed by atoms with Gasteiger partial charge >= 0.3 is 0 Å². The summed E-state index contributed by atoms with van der Waals surface area (Å²) in [4.78, 5) is 32.7. The monoisotopic (exact) mass is 403 g/mol. The van der Waals surface area contributed by atoms with E-state index in [9.17, 15) is 9.59 Å². The zero-order valence-electron chi connectivity index (χ0n) is 16.1. The maximum absolute atomic E-state index is 13.2.